The number of hydrogen-bond donors (Lipinski definition) is 0. The second-order valence-corrected chi connectivity index (χ2v) is 18.0. The summed E-state index contributed by atoms with van der Waals surface area (Å²) >= 11 is 0. The van der Waals surface area contributed by atoms with Crippen LogP contribution >= 0.6 is 0 Å². The second-order valence-electron chi connectivity index (χ2n) is 18.0. The number of benzene rings is 12. The molecule has 0 unspecified atom stereocenters. The van der Waals surface area contributed by atoms with Gasteiger partial charge in [-0.2, -0.15) is 0 Å². The van der Waals surface area contributed by atoms with Crippen LogP contribution in [-0.4, -0.2) is 19.1 Å². The molecule has 0 fully saturated rings. The third-order valence-corrected chi connectivity index (χ3v) is 14.1. The second kappa shape index (κ2) is 16.2. The predicted molar refractivity (Wildman–Crippen MR) is 293 cm³/mol. The van der Waals surface area contributed by atoms with Gasteiger partial charge in [-0.05, 0) is 125 Å². The average molecular weight is 891 g/mol. The van der Waals surface area contributed by atoms with E-state index >= 15 is 0 Å². The Labute approximate surface area is 404 Å². The number of fused-ring (bicyclic) bond motifs is 6. The van der Waals surface area contributed by atoms with Crippen molar-refractivity contribution in [3.8, 4) is 67.5 Å². The summed E-state index contributed by atoms with van der Waals surface area (Å²) in [7, 11) is 0. The van der Waals surface area contributed by atoms with E-state index in [1.807, 2.05) is 0 Å². The van der Waals surface area contributed by atoms with Crippen LogP contribution in [0.3, 0.4) is 0 Å². The van der Waals surface area contributed by atoms with E-state index in [0.717, 1.165) is 67.3 Å². The Kier molecular flexibility index (Phi) is 9.17. The first-order chi connectivity index (χ1) is 34.8. The Morgan fingerprint density at radius 2 is 0.500 bits per heavy atom. The minimum atomic E-state index is 0.921. The van der Waals surface area contributed by atoms with Gasteiger partial charge in [0.15, 0.2) is 0 Å². The van der Waals surface area contributed by atoms with Gasteiger partial charge in [0.1, 0.15) is 11.6 Å². The lowest BCUT2D eigenvalue weighted by atomic mass is 9.81. The van der Waals surface area contributed by atoms with Crippen LogP contribution in [0.15, 0.2) is 255 Å². The molecule has 0 atom stereocenters. The molecule has 0 amide bonds. The van der Waals surface area contributed by atoms with E-state index in [0.29, 0.717) is 0 Å². The van der Waals surface area contributed by atoms with Crippen molar-refractivity contribution in [2.75, 3.05) is 0 Å². The van der Waals surface area contributed by atoms with Crippen LogP contribution in [0.1, 0.15) is 0 Å². The maximum absolute atomic E-state index is 5.38. The van der Waals surface area contributed by atoms with E-state index < -0.39 is 0 Å². The molecule has 0 saturated carbocycles. The van der Waals surface area contributed by atoms with Crippen LogP contribution in [0, 0.1) is 0 Å². The van der Waals surface area contributed by atoms with Crippen molar-refractivity contribution in [3.63, 3.8) is 0 Å². The predicted octanol–water partition coefficient (Wildman–Crippen LogP) is 17.3. The lowest BCUT2D eigenvalue weighted by Crippen LogP contribution is -1.97. The zero-order valence-electron chi connectivity index (χ0n) is 38.0. The number of imidazole rings is 2. The lowest BCUT2D eigenvalue weighted by Gasteiger charge is -2.22. The largest absolute Gasteiger partial charge is 0.292 e. The molecule has 4 nitrogen and oxygen atoms in total. The molecule has 0 bridgehead atoms. The molecule has 0 spiro atoms. The van der Waals surface area contributed by atoms with Crippen LogP contribution < -0.4 is 0 Å². The number of aromatic nitrogens is 4. The highest BCUT2D eigenvalue weighted by atomic mass is 15.1. The molecule has 0 aliphatic rings. The molecular formula is C66H42N4. The summed E-state index contributed by atoms with van der Waals surface area (Å²) in [5.74, 6) is 1.84. The van der Waals surface area contributed by atoms with Gasteiger partial charge in [-0.25, -0.2) is 9.97 Å². The van der Waals surface area contributed by atoms with E-state index in [1.165, 1.54) is 65.3 Å². The molecule has 2 heterocycles. The van der Waals surface area contributed by atoms with Crippen LogP contribution in [0.25, 0.3) is 133 Å². The van der Waals surface area contributed by atoms with Crippen LogP contribution in [0.5, 0.6) is 0 Å². The van der Waals surface area contributed by atoms with Crippen LogP contribution in [0.2, 0.25) is 0 Å². The van der Waals surface area contributed by atoms with Gasteiger partial charge in [0.2, 0.25) is 0 Å². The van der Waals surface area contributed by atoms with Crippen molar-refractivity contribution < 1.29 is 0 Å². The number of nitrogens with zero attached hydrogens (tertiary/aromatic N) is 4. The maximum Gasteiger partial charge on any atom is 0.145 e. The van der Waals surface area contributed by atoms with Gasteiger partial charge in [-0.1, -0.05) is 206 Å². The first kappa shape index (κ1) is 39.8. The summed E-state index contributed by atoms with van der Waals surface area (Å²) < 4.78 is 4.57. The summed E-state index contributed by atoms with van der Waals surface area (Å²) in [5.41, 5.74) is 15.5. The summed E-state index contributed by atoms with van der Waals surface area (Å²) in [6.45, 7) is 0. The van der Waals surface area contributed by atoms with Crippen molar-refractivity contribution in [2.24, 2.45) is 0 Å². The Morgan fingerprint density at radius 1 is 0.229 bits per heavy atom. The van der Waals surface area contributed by atoms with Gasteiger partial charge in [-0.15, -0.1) is 0 Å². The van der Waals surface area contributed by atoms with Gasteiger partial charge in [0.25, 0.3) is 0 Å². The number of para-hydroxylation sites is 2. The van der Waals surface area contributed by atoms with Crippen molar-refractivity contribution in [2.45, 2.75) is 0 Å². The normalized spacial score (nSPS) is 11.7. The van der Waals surface area contributed by atoms with Crippen molar-refractivity contribution in [3.05, 3.63) is 255 Å². The van der Waals surface area contributed by atoms with Gasteiger partial charge in [0, 0.05) is 22.5 Å². The smallest absolute Gasteiger partial charge is 0.145 e. The van der Waals surface area contributed by atoms with E-state index in [9.17, 15) is 0 Å². The standard InChI is InChI=1S/C66H42N4/c1-5-21-43(22-6-1)65-67-57-41-45(37-39-59(57)69(65)47-25-9-3-10-26-47)61-49-29-13-17-33-53(49)63(54-34-18-14-30-50(54)61)64-55-35-19-15-31-51(55)62(52-32-16-20-36-56(52)64)46-38-40-60-58(42-46)68-66(44-23-7-2-8-24-44)70(60)48-27-11-4-12-28-48/h1-42H. The van der Waals surface area contributed by atoms with Gasteiger partial charge in [-0.3, -0.25) is 9.13 Å². The molecule has 0 radical (unpaired) electrons. The molecular weight excluding hydrogens is 849 g/mol. The Bertz CT molecular complexity index is 3930. The molecule has 326 valence electrons. The molecule has 14 aromatic rings. The van der Waals surface area contributed by atoms with E-state index in [-0.39, 0.29) is 0 Å². The molecule has 4 heteroatoms. The van der Waals surface area contributed by atoms with Gasteiger partial charge in [0.05, 0.1) is 22.1 Å². The minimum Gasteiger partial charge on any atom is -0.292 e. The molecule has 0 saturated heterocycles. The first-order valence-corrected chi connectivity index (χ1v) is 23.9. The fourth-order valence-corrected chi connectivity index (χ4v) is 11.1. The maximum atomic E-state index is 5.38. The van der Waals surface area contributed by atoms with E-state index in [4.69, 9.17) is 9.97 Å². The molecule has 0 aliphatic heterocycles. The summed E-state index contributed by atoms with van der Waals surface area (Å²) in [6.07, 6.45) is 0. The third kappa shape index (κ3) is 6.24. The van der Waals surface area contributed by atoms with Crippen LogP contribution in [0.4, 0.5) is 0 Å². The van der Waals surface area contributed by atoms with Crippen LogP contribution in [-0.2, 0) is 0 Å². The molecule has 12 aromatic carbocycles. The third-order valence-electron chi connectivity index (χ3n) is 14.1. The number of rotatable bonds is 7. The average Bonchev–Trinajstić information content (AvgIpc) is 4.02. The molecule has 2 aromatic heterocycles. The fourth-order valence-electron chi connectivity index (χ4n) is 11.1. The van der Waals surface area contributed by atoms with E-state index in [1.54, 1.807) is 0 Å². The first-order valence-electron chi connectivity index (χ1n) is 23.9. The van der Waals surface area contributed by atoms with Crippen molar-refractivity contribution in [1.82, 2.24) is 19.1 Å². The highest BCUT2D eigenvalue weighted by molar-refractivity contribution is 6.30. The molecule has 70 heavy (non-hydrogen) atoms. The van der Waals surface area contributed by atoms with Gasteiger partial charge < -0.3 is 0 Å². The van der Waals surface area contributed by atoms with Crippen molar-refractivity contribution in [1.29, 1.82) is 0 Å². The summed E-state index contributed by atoms with van der Waals surface area (Å²) in [4.78, 5) is 10.8. The fraction of sp³-hybridized carbons (Fsp3) is 0. The minimum absolute atomic E-state index is 0.921. The zero-order valence-corrected chi connectivity index (χ0v) is 38.0. The molecule has 14 rings (SSSR count). The summed E-state index contributed by atoms with van der Waals surface area (Å²) in [5, 5.41) is 9.64. The highest BCUT2D eigenvalue weighted by Crippen LogP contribution is 2.50. The molecule has 0 N–H and O–H groups in total. The molecule has 0 aliphatic carbocycles. The Hall–Kier alpha value is -9.38. The monoisotopic (exact) mass is 890 g/mol. The SMILES string of the molecule is c1ccc(-c2nc3cc(-c4c5ccccc5c(-c5c6ccccc6c(-c6ccc7c(c6)nc(-c6ccccc6)n7-c6ccccc6)c6ccccc56)c5ccccc45)ccc3n2-c2ccccc2)cc1. The summed E-state index contributed by atoms with van der Waals surface area (Å²) in [6, 6.07) is 91.7. The Balaban J connectivity index is 1.00. The zero-order chi connectivity index (χ0) is 46.1. The lowest BCUT2D eigenvalue weighted by molar-refractivity contribution is 1.10. The highest BCUT2D eigenvalue weighted by Gasteiger charge is 2.24. The van der Waals surface area contributed by atoms with Gasteiger partial charge >= 0.3 is 0 Å². The number of hydrogen-bond acceptors (Lipinski definition) is 2. The van der Waals surface area contributed by atoms with Crippen molar-refractivity contribution >= 4 is 65.2 Å². The topological polar surface area (TPSA) is 35.6 Å². The Morgan fingerprint density at radius 3 is 0.814 bits per heavy atom. The quantitative estimate of drug-likeness (QED) is 0.149. The van der Waals surface area contributed by atoms with E-state index in [2.05, 4.69) is 264 Å².